The van der Waals surface area contributed by atoms with Gasteiger partial charge in [-0.15, -0.1) is 0 Å². The molecular weight excluding hydrogens is 409 g/mol. The molecule has 0 aromatic carbocycles. The maximum Gasteiger partial charge on any atom is 0.413 e. The summed E-state index contributed by atoms with van der Waals surface area (Å²) >= 11 is 2.90. The lowest BCUT2D eigenvalue weighted by Crippen LogP contribution is -2.56. The number of rotatable bonds is 1. The Balaban J connectivity index is 2.58. The number of ether oxygens (including phenoxy) is 1. The number of aliphatic imine (C=N–C) groups is 1. The van der Waals surface area contributed by atoms with Gasteiger partial charge in [-0.25, -0.2) is 28.9 Å². The van der Waals surface area contributed by atoms with Crippen LogP contribution in [0.1, 0.15) is 12.6 Å². The number of amides is 1. The van der Waals surface area contributed by atoms with Gasteiger partial charge in [-0.3, -0.25) is 0 Å². The van der Waals surface area contributed by atoms with E-state index in [9.17, 15) is 26.7 Å². The highest BCUT2D eigenvalue weighted by atomic mass is 79.9. The van der Waals surface area contributed by atoms with Crippen molar-refractivity contribution < 1.29 is 36.6 Å². The van der Waals surface area contributed by atoms with Crippen LogP contribution in [0.25, 0.3) is 0 Å². The fourth-order valence-electron chi connectivity index (χ4n) is 2.11. The fraction of sp³-hybridized carbons (Fsp3) is 0.417. The standard InChI is InChI=1S/C12H9BrF5N3O3/c1-11(7-4(14)2-3-5(13)19-7)6(15)8(12(16,17)18)20-9(24-11)21-10(22)23/h2-3,6,8H,1H3,(H,20,21)(H,22,23)/t6-,8+,11+/m1/s1. The van der Waals surface area contributed by atoms with Crippen LogP contribution in [0.2, 0.25) is 0 Å². The summed E-state index contributed by atoms with van der Waals surface area (Å²) < 4.78 is 72.6. The molecule has 0 fully saturated rings. The molecule has 1 amide bonds. The Bertz CT molecular complexity index is 699. The molecule has 132 valence electrons. The van der Waals surface area contributed by atoms with Crippen LogP contribution < -0.4 is 5.32 Å². The summed E-state index contributed by atoms with van der Waals surface area (Å²) in [5.41, 5.74) is -3.33. The molecular formula is C12H9BrF5N3O3. The summed E-state index contributed by atoms with van der Waals surface area (Å²) in [6.45, 7) is 0.826. The second-order valence-electron chi connectivity index (χ2n) is 4.93. The molecule has 1 aromatic rings. The summed E-state index contributed by atoms with van der Waals surface area (Å²) in [6, 6.07) is -2.06. The molecule has 1 aromatic heterocycles. The normalized spacial score (nSPS) is 27.2. The molecule has 0 saturated carbocycles. The number of pyridine rings is 1. The maximum absolute atomic E-state index is 14.6. The van der Waals surface area contributed by atoms with Gasteiger partial charge < -0.3 is 9.84 Å². The summed E-state index contributed by atoms with van der Waals surface area (Å²) in [5.74, 6) is -1.12. The summed E-state index contributed by atoms with van der Waals surface area (Å²) in [6.07, 6.45) is -9.80. The van der Waals surface area contributed by atoms with Gasteiger partial charge in [0.25, 0.3) is 6.02 Å². The predicted octanol–water partition coefficient (Wildman–Crippen LogP) is 3.12. The second kappa shape index (κ2) is 6.15. The third kappa shape index (κ3) is 3.42. The molecule has 0 radical (unpaired) electrons. The van der Waals surface area contributed by atoms with E-state index in [1.54, 1.807) is 0 Å². The highest BCUT2D eigenvalue weighted by molar-refractivity contribution is 9.10. The van der Waals surface area contributed by atoms with Crippen molar-refractivity contribution in [1.29, 1.82) is 0 Å². The quantitative estimate of drug-likeness (QED) is 0.543. The molecule has 0 aliphatic carbocycles. The highest BCUT2D eigenvalue weighted by Gasteiger charge is 2.59. The largest absolute Gasteiger partial charge is 0.465 e. The van der Waals surface area contributed by atoms with Crippen molar-refractivity contribution >= 4 is 28.0 Å². The molecule has 2 rings (SSSR count). The summed E-state index contributed by atoms with van der Waals surface area (Å²) in [5, 5.41) is 10.1. The van der Waals surface area contributed by atoms with Crippen LogP contribution >= 0.6 is 15.9 Å². The molecule has 3 atom stereocenters. The zero-order valence-corrected chi connectivity index (χ0v) is 13.3. The van der Waals surface area contributed by atoms with E-state index < -0.39 is 47.6 Å². The van der Waals surface area contributed by atoms with Crippen molar-refractivity contribution in [3.05, 3.63) is 28.2 Å². The third-order valence-corrected chi connectivity index (χ3v) is 3.64. The van der Waals surface area contributed by atoms with Gasteiger partial charge >= 0.3 is 12.3 Å². The topological polar surface area (TPSA) is 83.8 Å². The molecule has 1 aliphatic rings. The highest BCUT2D eigenvalue weighted by Crippen LogP contribution is 2.42. The van der Waals surface area contributed by atoms with Crippen molar-refractivity contribution in [2.24, 2.45) is 4.99 Å². The van der Waals surface area contributed by atoms with Gasteiger partial charge in [0.05, 0.1) is 0 Å². The van der Waals surface area contributed by atoms with Crippen LogP contribution in [-0.4, -0.2) is 40.6 Å². The number of nitrogens with zero attached hydrogens (tertiary/aromatic N) is 2. The zero-order valence-electron chi connectivity index (χ0n) is 11.7. The van der Waals surface area contributed by atoms with Crippen LogP contribution in [0.4, 0.5) is 26.7 Å². The van der Waals surface area contributed by atoms with Gasteiger partial charge in [-0.2, -0.15) is 13.2 Å². The number of hydrogen-bond donors (Lipinski definition) is 2. The Morgan fingerprint density at radius 3 is 2.62 bits per heavy atom. The molecule has 24 heavy (non-hydrogen) atoms. The van der Waals surface area contributed by atoms with E-state index in [0.717, 1.165) is 19.1 Å². The first kappa shape index (κ1) is 18.4. The van der Waals surface area contributed by atoms with Crippen molar-refractivity contribution in [3.8, 4) is 0 Å². The molecule has 2 heterocycles. The third-order valence-electron chi connectivity index (χ3n) is 3.20. The van der Waals surface area contributed by atoms with Gasteiger partial charge in [-0.05, 0) is 35.0 Å². The van der Waals surface area contributed by atoms with E-state index >= 15 is 0 Å². The molecule has 0 bridgehead atoms. The van der Waals surface area contributed by atoms with E-state index in [2.05, 4.69) is 25.9 Å². The van der Waals surface area contributed by atoms with E-state index in [1.165, 1.54) is 5.32 Å². The van der Waals surface area contributed by atoms with Gasteiger partial charge in [0.15, 0.2) is 17.8 Å². The van der Waals surface area contributed by atoms with Gasteiger partial charge in [0.1, 0.15) is 16.1 Å². The minimum Gasteiger partial charge on any atom is -0.465 e. The van der Waals surface area contributed by atoms with Gasteiger partial charge in [-0.1, -0.05) is 0 Å². The molecule has 12 heteroatoms. The fourth-order valence-corrected chi connectivity index (χ4v) is 2.42. The first-order chi connectivity index (χ1) is 10.9. The Labute approximate surface area is 139 Å². The van der Waals surface area contributed by atoms with E-state index in [4.69, 9.17) is 9.84 Å². The number of halogens is 6. The monoisotopic (exact) mass is 417 g/mol. The van der Waals surface area contributed by atoms with Gasteiger partial charge in [0.2, 0.25) is 0 Å². The minimum atomic E-state index is -5.15. The lowest BCUT2D eigenvalue weighted by Gasteiger charge is -2.39. The average molecular weight is 418 g/mol. The van der Waals surface area contributed by atoms with Crippen LogP contribution in [0, 0.1) is 5.82 Å². The number of nitrogens with one attached hydrogen (secondary N) is 1. The van der Waals surface area contributed by atoms with Crippen LogP contribution in [0.3, 0.4) is 0 Å². The Hall–Kier alpha value is -1.98. The zero-order chi connectivity index (χ0) is 18.3. The molecule has 0 spiro atoms. The summed E-state index contributed by atoms with van der Waals surface area (Å²) in [4.78, 5) is 17.1. The van der Waals surface area contributed by atoms with Crippen molar-refractivity contribution in [1.82, 2.24) is 10.3 Å². The lowest BCUT2D eigenvalue weighted by atomic mass is 9.89. The first-order valence-electron chi connectivity index (χ1n) is 6.25. The van der Waals surface area contributed by atoms with Crippen molar-refractivity contribution in [2.75, 3.05) is 0 Å². The lowest BCUT2D eigenvalue weighted by molar-refractivity contribution is -0.188. The molecule has 6 nitrogen and oxygen atoms in total. The second-order valence-corrected chi connectivity index (χ2v) is 5.74. The van der Waals surface area contributed by atoms with Crippen molar-refractivity contribution in [2.45, 2.75) is 30.9 Å². The summed E-state index contributed by atoms with van der Waals surface area (Å²) in [7, 11) is 0. The van der Waals surface area contributed by atoms with E-state index in [1.807, 2.05) is 0 Å². The number of hydrogen-bond acceptors (Lipinski definition) is 4. The predicted molar refractivity (Wildman–Crippen MR) is 73.7 cm³/mol. The molecule has 0 unspecified atom stereocenters. The van der Waals surface area contributed by atoms with Crippen molar-refractivity contribution in [3.63, 3.8) is 0 Å². The SMILES string of the molecule is C[C@]1(c2nc(Br)ccc2F)OC(NC(=O)O)=N[C@H](C(F)(F)F)[C@H]1F. The minimum absolute atomic E-state index is 0.0229. The Kier molecular flexibility index (Phi) is 4.70. The Morgan fingerprint density at radius 1 is 1.46 bits per heavy atom. The number of carboxylic acid groups (broad SMARTS) is 1. The van der Waals surface area contributed by atoms with Gasteiger partial charge in [0, 0.05) is 0 Å². The number of amidine groups is 1. The maximum atomic E-state index is 14.6. The Morgan fingerprint density at radius 2 is 2.08 bits per heavy atom. The van der Waals surface area contributed by atoms with Crippen LogP contribution in [0.5, 0.6) is 0 Å². The molecule has 0 saturated heterocycles. The average Bonchev–Trinajstić information content (AvgIpc) is 2.43. The number of aromatic nitrogens is 1. The number of carbonyl (C=O) groups is 1. The smallest absolute Gasteiger partial charge is 0.413 e. The van der Waals surface area contributed by atoms with Crippen LogP contribution in [-0.2, 0) is 10.3 Å². The van der Waals surface area contributed by atoms with E-state index in [0.29, 0.717) is 0 Å². The number of alkyl halides is 4. The van der Waals surface area contributed by atoms with E-state index in [-0.39, 0.29) is 4.60 Å². The molecule has 2 N–H and O–H groups in total. The van der Waals surface area contributed by atoms with Crippen LogP contribution in [0.15, 0.2) is 21.7 Å². The first-order valence-corrected chi connectivity index (χ1v) is 7.04. The molecule has 1 aliphatic heterocycles.